The Morgan fingerprint density at radius 1 is 1.37 bits per heavy atom. The van der Waals surface area contributed by atoms with E-state index < -0.39 is 0 Å². The molecule has 0 atom stereocenters. The standard InChI is InChI=1S/C15H23N3O/c1-16-7-3-4-8-18(2)11-12-5-6-14-13(9-12)10-15(19)17-14/h5-6,9,16H,3-4,7-8,10-11H2,1-2H3,(H,17,19). The number of unbranched alkanes of at least 4 members (excludes halogenated alkanes) is 1. The van der Waals surface area contributed by atoms with Gasteiger partial charge in [0.15, 0.2) is 0 Å². The van der Waals surface area contributed by atoms with Gasteiger partial charge in [-0.25, -0.2) is 0 Å². The van der Waals surface area contributed by atoms with E-state index in [1.807, 2.05) is 13.1 Å². The normalized spacial score (nSPS) is 13.7. The van der Waals surface area contributed by atoms with E-state index in [1.165, 1.54) is 18.4 Å². The highest BCUT2D eigenvalue weighted by molar-refractivity contribution is 5.99. The maximum atomic E-state index is 11.3. The maximum Gasteiger partial charge on any atom is 0.228 e. The fraction of sp³-hybridized carbons (Fsp3) is 0.533. The van der Waals surface area contributed by atoms with Crippen molar-refractivity contribution in [1.29, 1.82) is 0 Å². The summed E-state index contributed by atoms with van der Waals surface area (Å²) in [6, 6.07) is 6.27. The van der Waals surface area contributed by atoms with Gasteiger partial charge in [0.1, 0.15) is 0 Å². The lowest BCUT2D eigenvalue weighted by molar-refractivity contribution is -0.115. The van der Waals surface area contributed by atoms with Crippen LogP contribution in [-0.4, -0.2) is 38.0 Å². The van der Waals surface area contributed by atoms with Crippen molar-refractivity contribution in [2.24, 2.45) is 0 Å². The Labute approximate surface area is 115 Å². The zero-order chi connectivity index (χ0) is 13.7. The van der Waals surface area contributed by atoms with Crippen LogP contribution in [0.25, 0.3) is 0 Å². The number of carbonyl (C=O) groups is 1. The summed E-state index contributed by atoms with van der Waals surface area (Å²) >= 11 is 0. The Hall–Kier alpha value is -1.39. The Bertz CT molecular complexity index is 445. The number of rotatable bonds is 7. The summed E-state index contributed by atoms with van der Waals surface area (Å²) in [6.45, 7) is 3.14. The number of fused-ring (bicyclic) bond motifs is 1. The predicted octanol–water partition coefficient (Wildman–Crippen LogP) is 1.61. The van der Waals surface area contributed by atoms with Gasteiger partial charge in [-0.15, -0.1) is 0 Å². The molecular weight excluding hydrogens is 238 g/mol. The van der Waals surface area contributed by atoms with Gasteiger partial charge in [-0.1, -0.05) is 12.1 Å². The molecule has 0 aliphatic carbocycles. The molecule has 0 unspecified atom stereocenters. The number of nitrogens with one attached hydrogen (secondary N) is 2. The van der Waals surface area contributed by atoms with Crippen LogP contribution < -0.4 is 10.6 Å². The molecule has 104 valence electrons. The summed E-state index contributed by atoms with van der Waals surface area (Å²) in [6.07, 6.45) is 2.95. The van der Waals surface area contributed by atoms with Gasteiger partial charge < -0.3 is 15.5 Å². The highest BCUT2D eigenvalue weighted by atomic mass is 16.1. The molecule has 1 aromatic carbocycles. The Kier molecular flexibility index (Phi) is 4.93. The predicted molar refractivity (Wildman–Crippen MR) is 78.3 cm³/mol. The van der Waals surface area contributed by atoms with Crippen LogP contribution in [0.15, 0.2) is 18.2 Å². The van der Waals surface area contributed by atoms with Crippen molar-refractivity contribution in [3.63, 3.8) is 0 Å². The van der Waals surface area contributed by atoms with Crippen molar-refractivity contribution in [2.75, 3.05) is 32.5 Å². The highest BCUT2D eigenvalue weighted by Crippen LogP contribution is 2.24. The number of hydrogen-bond donors (Lipinski definition) is 2. The first-order valence-corrected chi connectivity index (χ1v) is 6.94. The molecule has 2 rings (SSSR count). The molecule has 0 saturated heterocycles. The van der Waals surface area contributed by atoms with Gasteiger partial charge in [-0.3, -0.25) is 4.79 Å². The Morgan fingerprint density at radius 3 is 3.00 bits per heavy atom. The van der Waals surface area contributed by atoms with Gasteiger partial charge in [0.2, 0.25) is 5.91 Å². The average molecular weight is 261 g/mol. The first-order valence-electron chi connectivity index (χ1n) is 6.94. The molecule has 1 aliphatic rings. The molecule has 0 fully saturated rings. The fourth-order valence-electron chi connectivity index (χ4n) is 2.46. The third-order valence-electron chi connectivity index (χ3n) is 3.46. The smallest absolute Gasteiger partial charge is 0.228 e. The Morgan fingerprint density at radius 2 is 2.21 bits per heavy atom. The summed E-state index contributed by atoms with van der Waals surface area (Å²) in [5, 5.41) is 6.03. The second-order valence-electron chi connectivity index (χ2n) is 5.26. The van der Waals surface area contributed by atoms with Crippen LogP contribution in [0.5, 0.6) is 0 Å². The van der Waals surface area contributed by atoms with Gasteiger partial charge in [-0.05, 0) is 57.2 Å². The van der Waals surface area contributed by atoms with Crippen LogP contribution in [0.4, 0.5) is 5.69 Å². The van der Waals surface area contributed by atoms with Crippen LogP contribution in [-0.2, 0) is 17.8 Å². The van der Waals surface area contributed by atoms with Gasteiger partial charge >= 0.3 is 0 Å². The molecule has 0 radical (unpaired) electrons. The second-order valence-corrected chi connectivity index (χ2v) is 5.26. The molecule has 1 amide bonds. The summed E-state index contributed by atoms with van der Waals surface area (Å²) in [7, 11) is 4.14. The van der Waals surface area contributed by atoms with E-state index in [0.29, 0.717) is 6.42 Å². The molecule has 0 bridgehead atoms. The lowest BCUT2D eigenvalue weighted by atomic mass is 10.1. The number of anilines is 1. The lowest BCUT2D eigenvalue weighted by Gasteiger charge is -2.17. The third kappa shape index (κ3) is 4.04. The van der Waals surface area contributed by atoms with Gasteiger partial charge in [-0.2, -0.15) is 0 Å². The molecule has 0 aromatic heterocycles. The first kappa shape index (κ1) is 14.0. The summed E-state index contributed by atoms with van der Waals surface area (Å²) < 4.78 is 0. The van der Waals surface area contributed by atoms with Crippen LogP contribution in [0, 0.1) is 0 Å². The molecule has 1 aliphatic heterocycles. The number of benzene rings is 1. The van der Waals surface area contributed by atoms with Crippen molar-refractivity contribution in [3.05, 3.63) is 29.3 Å². The number of carbonyl (C=O) groups excluding carboxylic acids is 1. The molecule has 0 saturated carbocycles. The Balaban J connectivity index is 1.83. The van der Waals surface area contributed by atoms with Crippen molar-refractivity contribution in [1.82, 2.24) is 10.2 Å². The van der Waals surface area contributed by atoms with Gasteiger partial charge in [0.05, 0.1) is 6.42 Å². The monoisotopic (exact) mass is 261 g/mol. The molecule has 1 heterocycles. The summed E-state index contributed by atoms with van der Waals surface area (Å²) in [5.74, 6) is 0.104. The fourth-order valence-corrected chi connectivity index (χ4v) is 2.46. The topological polar surface area (TPSA) is 44.4 Å². The zero-order valence-corrected chi connectivity index (χ0v) is 11.8. The van der Waals surface area contributed by atoms with E-state index in [-0.39, 0.29) is 5.91 Å². The average Bonchev–Trinajstić information content (AvgIpc) is 2.74. The minimum Gasteiger partial charge on any atom is -0.326 e. The van der Waals surface area contributed by atoms with E-state index in [2.05, 4.69) is 34.7 Å². The van der Waals surface area contributed by atoms with E-state index in [4.69, 9.17) is 0 Å². The van der Waals surface area contributed by atoms with Crippen LogP contribution in [0.2, 0.25) is 0 Å². The van der Waals surface area contributed by atoms with E-state index in [1.54, 1.807) is 0 Å². The quantitative estimate of drug-likeness (QED) is 0.733. The van der Waals surface area contributed by atoms with Gasteiger partial charge in [0, 0.05) is 12.2 Å². The lowest BCUT2D eigenvalue weighted by Crippen LogP contribution is -2.20. The van der Waals surface area contributed by atoms with E-state index >= 15 is 0 Å². The van der Waals surface area contributed by atoms with Crippen LogP contribution >= 0.6 is 0 Å². The molecule has 0 spiro atoms. The van der Waals surface area contributed by atoms with Crippen molar-refractivity contribution in [3.8, 4) is 0 Å². The van der Waals surface area contributed by atoms with Crippen molar-refractivity contribution < 1.29 is 4.79 Å². The molecule has 1 aromatic rings. The van der Waals surface area contributed by atoms with Crippen molar-refractivity contribution in [2.45, 2.75) is 25.8 Å². The minimum atomic E-state index is 0.104. The number of amides is 1. The van der Waals surface area contributed by atoms with Crippen LogP contribution in [0.3, 0.4) is 0 Å². The SMILES string of the molecule is CNCCCCN(C)Cc1ccc2c(c1)CC(=O)N2. The van der Waals surface area contributed by atoms with E-state index in [0.717, 1.165) is 30.9 Å². The molecular formula is C15H23N3O. The minimum absolute atomic E-state index is 0.104. The third-order valence-corrected chi connectivity index (χ3v) is 3.46. The highest BCUT2D eigenvalue weighted by Gasteiger charge is 2.17. The second kappa shape index (κ2) is 6.68. The van der Waals surface area contributed by atoms with Gasteiger partial charge in [0.25, 0.3) is 0 Å². The summed E-state index contributed by atoms with van der Waals surface area (Å²) in [4.78, 5) is 13.6. The van der Waals surface area contributed by atoms with Crippen LogP contribution in [0.1, 0.15) is 24.0 Å². The maximum absolute atomic E-state index is 11.3. The zero-order valence-electron chi connectivity index (χ0n) is 11.8. The molecule has 4 nitrogen and oxygen atoms in total. The van der Waals surface area contributed by atoms with Crippen molar-refractivity contribution >= 4 is 11.6 Å². The molecule has 2 N–H and O–H groups in total. The van der Waals surface area contributed by atoms with E-state index in [9.17, 15) is 4.79 Å². The molecule has 4 heteroatoms. The number of nitrogens with zero attached hydrogens (tertiary/aromatic N) is 1. The molecule has 19 heavy (non-hydrogen) atoms. The summed E-state index contributed by atoms with van der Waals surface area (Å²) in [5.41, 5.74) is 3.39. The largest absolute Gasteiger partial charge is 0.326 e. The first-order chi connectivity index (χ1) is 9.19. The number of hydrogen-bond acceptors (Lipinski definition) is 3.